The van der Waals surface area contributed by atoms with Crippen molar-refractivity contribution in [1.29, 1.82) is 0 Å². The van der Waals surface area contributed by atoms with Crippen molar-refractivity contribution in [3.8, 4) is 0 Å². The van der Waals surface area contributed by atoms with Gasteiger partial charge in [0.15, 0.2) is 11.8 Å². The van der Waals surface area contributed by atoms with Crippen LogP contribution in [0.4, 0.5) is 0 Å². The van der Waals surface area contributed by atoms with Crippen molar-refractivity contribution in [2.75, 3.05) is 27.2 Å². The van der Waals surface area contributed by atoms with Gasteiger partial charge in [0, 0.05) is 39.5 Å². The summed E-state index contributed by atoms with van der Waals surface area (Å²) in [5.41, 5.74) is 0. The van der Waals surface area contributed by atoms with Gasteiger partial charge >= 0.3 is 0 Å². The van der Waals surface area contributed by atoms with E-state index in [1.165, 1.54) is 19.3 Å². The molecule has 1 amide bonds. The van der Waals surface area contributed by atoms with Crippen LogP contribution in [-0.2, 0) is 24.2 Å². The minimum atomic E-state index is -0.00100. The highest BCUT2D eigenvalue weighted by atomic mass is 16.2. The maximum Gasteiger partial charge on any atom is 0.243 e. The number of carbonyl (C=O) groups excluding carboxylic acids is 1. The average Bonchev–Trinajstić information content (AvgIpc) is 3.14. The molecule has 8 heteroatoms. The number of carbonyl (C=O) groups is 1. The molecule has 2 N–H and O–H groups in total. The molecule has 0 aliphatic carbocycles. The van der Waals surface area contributed by atoms with Crippen LogP contribution in [0.1, 0.15) is 64.5 Å². The second-order valence-corrected chi connectivity index (χ2v) is 8.11. The van der Waals surface area contributed by atoms with Gasteiger partial charge in [0.05, 0.1) is 6.54 Å². The Balaban J connectivity index is 2.00. The predicted molar refractivity (Wildman–Crippen MR) is 117 cm³/mol. The molecule has 29 heavy (non-hydrogen) atoms. The Bertz CT molecular complexity index is 668. The van der Waals surface area contributed by atoms with Crippen molar-refractivity contribution in [2.24, 2.45) is 10.9 Å². The summed E-state index contributed by atoms with van der Waals surface area (Å²) in [5.74, 6) is 3.32. The summed E-state index contributed by atoms with van der Waals surface area (Å²) in [6.07, 6.45) is 7.57. The summed E-state index contributed by atoms with van der Waals surface area (Å²) >= 11 is 0. The van der Waals surface area contributed by atoms with Crippen LogP contribution in [0.25, 0.3) is 0 Å². The van der Waals surface area contributed by atoms with E-state index in [2.05, 4.69) is 46.5 Å². The van der Waals surface area contributed by atoms with Crippen LogP contribution in [0, 0.1) is 5.92 Å². The van der Waals surface area contributed by atoms with Crippen LogP contribution in [0.5, 0.6) is 0 Å². The fourth-order valence-corrected chi connectivity index (χ4v) is 3.45. The molecule has 1 aromatic heterocycles. The van der Waals surface area contributed by atoms with Gasteiger partial charge in [-0.15, -0.1) is 0 Å². The Hall–Kier alpha value is -2.12. The zero-order valence-electron chi connectivity index (χ0n) is 18.9. The number of hydrogen-bond acceptors (Lipinski definition) is 4. The average molecular weight is 406 g/mol. The predicted octanol–water partition coefficient (Wildman–Crippen LogP) is 2.00. The van der Waals surface area contributed by atoms with Crippen LogP contribution in [0.3, 0.4) is 0 Å². The first-order chi connectivity index (χ1) is 14.0. The second-order valence-electron chi connectivity index (χ2n) is 8.11. The van der Waals surface area contributed by atoms with Gasteiger partial charge in [-0.25, -0.2) is 14.7 Å². The summed E-state index contributed by atoms with van der Waals surface area (Å²) in [6.45, 7) is 8.34. The molecule has 0 aromatic carbocycles. The number of aliphatic imine (C=N–C) groups is 1. The lowest BCUT2D eigenvalue weighted by atomic mass is 9.99. The van der Waals surface area contributed by atoms with E-state index >= 15 is 0 Å². The van der Waals surface area contributed by atoms with Crippen molar-refractivity contribution in [2.45, 2.75) is 78.3 Å². The highest BCUT2D eigenvalue weighted by Gasteiger charge is 2.22. The maximum atomic E-state index is 12.0. The minimum absolute atomic E-state index is 0.00100. The molecule has 8 nitrogen and oxygen atoms in total. The van der Waals surface area contributed by atoms with Crippen molar-refractivity contribution in [3.63, 3.8) is 0 Å². The van der Waals surface area contributed by atoms with Gasteiger partial charge in [-0.3, -0.25) is 4.79 Å². The molecule has 0 saturated heterocycles. The maximum absolute atomic E-state index is 12.0. The molecule has 1 aliphatic heterocycles. The Morgan fingerprint density at radius 2 is 2.14 bits per heavy atom. The molecule has 0 fully saturated rings. The molecule has 0 spiro atoms. The summed E-state index contributed by atoms with van der Waals surface area (Å²) in [7, 11) is 3.52. The second kappa shape index (κ2) is 11.8. The first kappa shape index (κ1) is 23.2. The van der Waals surface area contributed by atoms with Gasteiger partial charge in [0.2, 0.25) is 5.91 Å². The number of rotatable bonds is 10. The Labute approximate surface area is 175 Å². The lowest BCUT2D eigenvalue weighted by Gasteiger charge is -2.26. The molecule has 2 rings (SSSR count). The van der Waals surface area contributed by atoms with Gasteiger partial charge in [-0.1, -0.05) is 40.0 Å². The Morgan fingerprint density at radius 1 is 1.34 bits per heavy atom. The molecule has 0 saturated carbocycles. The molecule has 2 atom stereocenters. The highest BCUT2D eigenvalue weighted by molar-refractivity contribution is 5.84. The smallest absolute Gasteiger partial charge is 0.243 e. The van der Waals surface area contributed by atoms with E-state index in [0.717, 1.165) is 56.4 Å². The number of nitrogens with one attached hydrogen (secondary N) is 2. The summed E-state index contributed by atoms with van der Waals surface area (Å²) < 4.78 is 2.01. The van der Waals surface area contributed by atoms with Gasteiger partial charge in [-0.05, 0) is 18.8 Å². The van der Waals surface area contributed by atoms with E-state index in [4.69, 9.17) is 0 Å². The monoisotopic (exact) mass is 405 g/mol. The number of aryl methyl sites for hydroxylation is 2. The van der Waals surface area contributed by atoms with Crippen molar-refractivity contribution >= 4 is 11.9 Å². The zero-order chi connectivity index (χ0) is 21.2. The van der Waals surface area contributed by atoms with Gasteiger partial charge in [0.1, 0.15) is 12.4 Å². The first-order valence-electron chi connectivity index (χ1n) is 11.1. The van der Waals surface area contributed by atoms with Crippen LogP contribution in [0.15, 0.2) is 4.99 Å². The zero-order valence-corrected chi connectivity index (χ0v) is 18.9. The molecule has 0 radical (unpaired) electrons. The molecular weight excluding hydrogens is 366 g/mol. The lowest BCUT2D eigenvalue weighted by Crippen LogP contribution is -2.48. The number of guanidine groups is 1. The quantitative estimate of drug-likeness (QED) is 0.459. The molecule has 164 valence electrons. The standard InChI is InChI=1S/C21H39N7O/c1-6-9-10-16(7-2)13-22-21(23-14-20(29)27(4)5)24-17-11-12-19-25-18(8-3)26-28(19)15-17/h16-17H,6-15H2,1-5H3,(H2,22,23,24). The number of hydrogen-bond donors (Lipinski definition) is 2. The number of unbranched alkanes of at least 4 members (excludes halogenated alkanes) is 1. The fourth-order valence-electron chi connectivity index (χ4n) is 3.45. The lowest BCUT2D eigenvalue weighted by molar-refractivity contribution is -0.127. The third-order valence-corrected chi connectivity index (χ3v) is 5.53. The highest BCUT2D eigenvalue weighted by Crippen LogP contribution is 2.14. The molecule has 2 unspecified atom stereocenters. The Kier molecular flexibility index (Phi) is 9.41. The molecule has 1 aromatic rings. The minimum Gasteiger partial charge on any atom is -0.356 e. The van der Waals surface area contributed by atoms with E-state index < -0.39 is 0 Å². The normalized spacial score (nSPS) is 17.6. The van der Waals surface area contributed by atoms with E-state index in [1.54, 1.807) is 19.0 Å². The summed E-state index contributed by atoms with van der Waals surface area (Å²) in [5, 5.41) is 11.6. The molecule has 1 aliphatic rings. The van der Waals surface area contributed by atoms with Crippen LogP contribution >= 0.6 is 0 Å². The van der Waals surface area contributed by atoms with E-state index in [0.29, 0.717) is 5.92 Å². The number of amides is 1. The fraction of sp³-hybridized carbons (Fsp3) is 0.810. The number of fused-ring (bicyclic) bond motifs is 1. The van der Waals surface area contributed by atoms with Crippen LogP contribution in [-0.4, -0.2) is 64.8 Å². The number of aromatic nitrogens is 3. The van der Waals surface area contributed by atoms with Crippen LogP contribution < -0.4 is 10.6 Å². The largest absolute Gasteiger partial charge is 0.356 e. The summed E-state index contributed by atoms with van der Waals surface area (Å²) in [4.78, 5) is 22.7. The SMILES string of the molecule is CCCCC(CC)CNC(=NCC(=O)N(C)C)NC1CCc2nc(CC)nn2C1. The van der Waals surface area contributed by atoms with E-state index in [-0.39, 0.29) is 18.5 Å². The Morgan fingerprint density at radius 3 is 2.79 bits per heavy atom. The van der Waals surface area contributed by atoms with Crippen LogP contribution in [0.2, 0.25) is 0 Å². The van der Waals surface area contributed by atoms with Crippen molar-refractivity contribution < 1.29 is 4.79 Å². The van der Waals surface area contributed by atoms with Gasteiger partial charge < -0.3 is 15.5 Å². The number of likely N-dealkylation sites (N-methyl/N-ethyl adjacent to an activating group) is 1. The topological polar surface area (TPSA) is 87.4 Å². The summed E-state index contributed by atoms with van der Waals surface area (Å²) in [6, 6.07) is 0.227. The third kappa shape index (κ3) is 7.33. The third-order valence-electron chi connectivity index (χ3n) is 5.53. The van der Waals surface area contributed by atoms with Crippen molar-refractivity contribution in [1.82, 2.24) is 30.3 Å². The van der Waals surface area contributed by atoms with Gasteiger partial charge in [-0.2, -0.15) is 5.10 Å². The van der Waals surface area contributed by atoms with E-state index in [1.807, 2.05) is 4.68 Å². The number of nitrogens with zero attached hydrogens (tertiary/aromatic N) is 5. The van der Waals surface area contributed by atoms with E-state index in [9.17, 15) is 4.79 Å². The molecular formula is C21H39N7O. The van der Waals surface area contributed by atoms with Gasteiger partial charge in [0.25, 0.3) is 0 Å². The van der Waals surface area contributed by atoms with Crippen molar-refractivity contribution in [3.05, 3.63) is 11.6 Å². The first-order valence-corrected chi connectivity index (χ1v) is 11.1. The molecule has 0 bridgehead atoms. The molecule has 2 heterocycles.